The smallest absolute Gasteiger partial charge is 0.230 e. The first-order valence-corrected chi connectivity index (χ1v) is 12.1. The second-order valence-electron chi connectivity index (χ2n) is 7.88. The summed E-state index contributed by atoms with van der Waals surface area (Å²) in [5.41, 5.74) is 0.933. The molecular formula is C22H31N5O5S. The number of hydrogen-bond donors (Lipinski definition) is 1. The van der Waals surface area contributed by atoms with E-state index >= 15 is 0 Å². The van der Waals surface area contributed by atoms with Gasteiger partial charge in [0.1, 0.15) is 0 Å². The standard InChI is InChI=1S/C22H31N5O5S/c1-29-18-6-5-16(12-19(18)30-2)13-23-20(28)15-33-22-25-24-21(26-7-10-31-11-8-26)27(22)14-17-4-3-9-32-17/h5-6,12,17H,3-4,7-11,13-15H2,1-2H3,(H,23,28). The summed E-state index contributed by atoms with van der Waals surface area (Å²) in [4.78, 5) is 14.7. The monoisotopic (exact) mass is 477 g/mol. The second kappa shape index (κ2) is 11.6. The van der Waals surface area contributed by atoms with Crippen LogP contribution in [-0.4, -0.2) is 79.7 Å². The van der Waals surface area contributed by atoms with E-state index in [-0.39, 0.29) is 17.8 Å². The molecule has 0 bridgehead atoms. The zero-order valence-corrected chi connectivity index (χ0v) is 19.9. The molecule has 2 aromatic rings. The minimum absolute atomic E-state index is 0.0747. The Kier molecular flexibility index (Phi) is 8.30. The molecule has 10 nitrogen and oxygen atoms in total. The maximum atomic E-state index is 12.5. The van der Waals surface area contributed by atoms with Crippen LogP contribution in [0.1, 0.15) is 18.4 Å². The van der Waals surface area contributed by atoms with Crippen LogP contribution in [0, 0.1) is 0 Å². The van der Waals surface area contributed by atoms with Crippen molar-refractivity contribution in [2.45, 2.75) is 37.2 Å². The van der Waals surface area contributed by atoms with Gasteiger partial charge >= 0.3 is 0 Å². The number of carbonyl (C=O) groups excluding carboxylic acids is 1. The molecule has 1 aromatic carbocycles. The first kappa shape index (κ1) is 23.7. The van der Waals surface area contributed by atoms with E-state index in [0.29, 0.717) is 37.8 Å². The van der Waals surface area contributed by atoms with E-state index in [1.807, 2.05) is 18.2 Å². The predicted molar refractivity (Wildman–Crippen MR) is 124 cm³/mol. The van der Waals surface area contributed by atoms with Crippen LogP contribution < -0.4 is 19.7 Å². The third kappa shape index (κ3) is 6.10. The fourth-order valence-electron chi connectivity index (χ4n) is 3.91. The van der Waals surface area contributed by atoms with Crippen molar-refractivity contribution < 1.29 is 23.7 Å². The molecule has 1 aromatic heterocycles. The molecule has 0 aliphatic carbocycles. The van der Waals surface area contributed by atoms with Gasteiger partial charge in [-0.3, -0.25) is 9.36 Å². The number of morpholine rings is 1. The topological polar surface area (TPSA) is 100.0 Å². The first-order chi connectivity index (χ1) is 16.2. The molecule has 2 aliphatic rings. The lowest BCUT2D eigenvalue weighted by Gasteiger charge is -2.28. The van der Waals surface area contributed by atoms with Crippen molar-refractivity contribution in [1.29, 1.82) is 0 Å². The highest BCUT2D eigenvalue weighted by Crippen LogP contribution is 2.28. The number of carbonyl (C=O) groups is 1. The Labute approximate surface area is 197 Å². The lowest BCUT2D eigenvalue weighted by atomic mass is 10.2. The maximum absolute atomic E-state index is 12.5. The number of nitrogens with one attached hydrogen (secondary N) is 1. The number of amides is 1. The quantitative estimate of drug-likeness (QED) is 0.513. The number of anilines is 1. The van der Waals surface area contributed by atoms with E-state index in [0.717, 1.165) is 49.2 Å². The van der Waals surface area contributed by atoms with Crippen LogP contribution in [0.25, 0.3) is 0 Å². The molecule has 0 saturated carbocycles. The Bertz CT molecular complexity index is 928. The molecule has 1 unspecified atom stereocenters. The van der Waals surface area contributed by atoms with Gasteiger partial charge in [-0.1, -0.05) is 17.8 Å². The van der Waals surface area contributed by atoms with Gasteiger partial charge in [0.2, 0.25) is 11.9 Å². The summed E-state index contributed by atoms with van der Waals surface area (Å²) >= 11 is 1.39. The van der Waals surface area contributed by atoms with E-state index < -0.39 is 0 Å². The number of methoxy groups -OCH3 is 2. The number of ether oxygens (including phenoxy) is 4. The summed E-state index contributed by atoms with van der Waals surface area (Å²) in [7, 11) is 3.19. The van der Waals surface area contributed by atoms with Crippen LogP contribution in [0.5, 0.6) is 11.5 Å². The van der Waals surface area contributed by atoms with Crippen molar-refractivity contribution in [2.75, 3.05) is 57.8 Å². The van der Waals surface area contributed by atoms with Crippen molar-refractivity contribution in [3.8, 4) is 11.5 Å². The van der Waals surface area contributed by atoms with Gasteiger partial charge < -0.3 is 29.2 Å². The lowest BCUT2D eigenvalue weighted by molar-refractivity contribution is -0.118. The third-order valence-electron chi connectivity index (χ3n) is 5.67. The van der Waals surface area contributed by atoms with Gasteiger partial charge in [0, 0.05) is 26.2 Å². The number of thioether (sulfide) groups is 1. The third-order valence-corrected chi connectivity index (χ3v) is 6.64. The zero-order valence-electron chi connectivity index (χ0n) is 19.1. The average Bonchev–Trinajstić information content (AvgIpc) is 3.52. The normalized spacial score (nSPS) is 18.4. The number of hydrogen-bond acceptors (Lipinski definition) is 9. The molecule has 1 amide bonds. The summed E-state index contributed by atoms with van der Waals surface area (Å²) in [6.07, 6.45) is 2.25. The summed E-state index contributed by atoms with van der Waals surface area (Å²) in [5, 5.41) is 12.5. The molecule has 2 saturated heterocycles. The Morgan fingerprint density at radius 1 is 1.18 bits per heavy atom. The minimum atomic E-state index is -0.0747. The van der Waals surface area contributed by atoms with Gasteiger partial charge in [-0.2, -0.15) is 0 Å². The van der Waals surface area contributed by atoms with Gasteiger partial charge in [-0.25, -0.2) is 0 Å². The Morgan fingerprint density at radius 3 is 2.73 bits per heavy atom. The fraction of sp³-hybridized carbons (Fsp3) is 0.591. The zero-order chi connectivity index (χ0) is 23.0. The van der Waals surface area contributed by atoms with E-state index in [1.54, 1.807) is 14.2 Å². The number of nitrogens with zero attached hydrogens (tertiary/aromatic N) is 4. The van der Waals surface area contributed by atoms with Gasteiger partial charge in [-0.15, -0.1) is 10.2 Å². The van der Waals surface area contributed by atoms with Gasteiger partial charge in [0.15, 0.2) is 16.7 Å². The highest BCUT2D eigenvalue weighted by Gasteiger charge is 2.25. The van der Waals surface area contributed by atoms with Crippen molar-refractivity contribution >= 4 is 23.6 Å². The molecule has 0 spiro atoms. The van der Waals surface area contributed by atoms with E-state index in [9.17, 15) is 4.79 Å². The van der Waals surface area contributed by atoms with E-state index in [1.165, 1.54) is 11.8 Å². The van der Waals surface area contributed by atoms with Gasteiger partial charge in [0.05, 0.1) is 45.8 Å². The van der Waals surface area contributed by atoms with Crippen LogP contribution in [0.2, 0.25) is 0 Å². The SMILES string of the molecule is COc1ccc(CNC(=O)CSc2nnc(N3CCOCC3)n2CC2CCCO2)cc1OC. The first-order valence-electron chi connectivity index (χ1n) is 11.2. The molecule has 0 radical (unpaired) electrons. The van der Waals surface area contributed by atoms with Crippen molar-refractivity contribution in [3.05, 3.63) is 23.8 Å². The molecule has 4 rings (SSSR count). The van der Waals surface area contributed by atoms with Crippen LogP contribution in [0.3, 0.4) is 0 Å². The number of benzene rings is 1. The number of aromatic nitrogens is 3. The molecule has 180 valence electrons. The summed E-state index contributed by atoms with van der Waals surface area (Å²) in [6.45, 7) is 4.79. The largest absolute Gasteiger partial charge is 0.493 e. The summed E-state index contributed by atoms with van der Waals surface area (Å²) in [6, 6.07) is 5.59. The van der Waals surface area contributed by atoms with Crippen LogP contribution in [0.4, 0.5) is 5.95 Å². The number of rotatable bonds is 10. The fourth-order valence-corrected chi connectivity index (χ4v) is 4.68. The average molecular weight is 478 g/mol. The molecule has 3 heterocycles. The molecule has 33 heavy (non-hydrogen) atoms. The molecule has 2 aliphatic heterocycles. The molecule has 1 N–H and O–H groups in total. The predicted octanol–water partition coefficient (Wildman–Crippen LogP) is 1.72. The maximum Gasteiger partial charge on any atom is 0.230 e. The van der Waals surface area contributed by atoms with E-state index in [4.69, 9.17) is 18.9 Å². The summed E-state index contributed by atoms with van der Waals surface area (Å²) < 4.78 is 24.0. The van der Waals surface area contributed by atoms with Crippen molar-refractivity contribution in [2.24, 2.45) is 0 Å². The Hall–Kier alpha value is -2.50. The lowest BCUT2D eigenvalue weighted by Crippen LogP contribution is -2.38. The second-order valence-corrected chi connectivity index (χ2v) is 8.82. The minimum Gasteiger partial charge on any atom is -0.493 e. The van der Waals surface area contributed by atoms with Gasteiger partial charge in [-0.05, 0) is 30.5 Å². The molecular weight excluding hydrogens is 446 g/mol. The molecule has 2 fully saturated rings. The summed E-state index contributed by atoms with van der Waals surface area (Å²) in [5.74, 6) is 2.29. The van der Waals surface area contributed by atoms with Crippen molar-refractivity contribution in [3.63, 3.8) is 0 Å². The van der Waals surface area contributed by atoms with Crippen LogP contribution in [0.15, 0.2) is 23.4 Å². The molecule has 1 atom stereocenters. The molecule has 11 heteroatoms. The van der Waals surface area contributed by atoms with Crippen LogP contribution >= 0.6 is 11.8 Å². The Balaban J connectivity index is 1.36. The van der Waals surface area contributed by atoms with Crippen LogP contribution in [-0.2, 0) is 27.4 Å². The Morgan fingerprint density at radius 2 is 2.00 bits per heavy atom. The highest BCUT2D eigenvalue weighted by molar-refractivity contribution is 7.99. The van der Waals surface area contributed by atoms with Crippen molar-refractivity contribution in [1.82, 2.24) is 20.1 Å². The van der Waals surface area contributed by atoms with E-state index in [2.05, 4.69) is 25.0 Å². The van der Waals surface area contributed by atoms with Gasteiger partial charge in [0.25, 0.3) is 0 Å². The highest BCUT2D eigenvalue weighted by atomic mass is 32.2.